The normalized spacial score (nSPS) is 13.8. The first kappa shape index (κ1) is 25.3. The Bertz CT molecular complexity index is 1300. The zero-order valence-corrected chi connectivity index (χ0v) is 22.0. The third-order valence-corrected chi connectivity index (χ3v) is 8.44. The van der Waals surface area contributed by atoms with Gasteiger partial charge < -0.3 is 14.8 Å². The number of carbonyl (C=O) groups is 1. The van der Waals surface area contributed by atoms with Crippen LogP contribution in [-0.2, 0) is 30.6 Å². The molecule has 0 radical (unpaired) electrons. The molecule has 0 spiro atoms. The zero-order valence-electron chi connectivity index (χ0n) is 20.4. The summed E-state index contributed by atoms with van der Waals surface area (Å²) in [5.74, 6) is 1.24. The molecule has 1 unspecified atom stereocenters. The molecular formula is C26H31N3O4S2. The molecule has 0 bridgehead atoms. The predicted octanol–water partition coefficient (Wildman–Crippen LogP) is 4.38. The highest BCUT2D eigenvalue weighted by molar-refractivity contribution is 8.00. The molecule has 4 rings (SSSR count). The average Bonchev–Trinajstić information content (AvgIpc) is 3.24. The van der Waals surface area contributed by atoms with Crippen molar-refractivity contribution < 1.29 is 14.3 Å². The van der Waals surface area contributed by atoms with Crippen molar-refractivity contribution in [1.82, 2.24) is 14.9 Å². The van der Waals surface area contributed by atoms with E-state index in [2.05, 4.69) is 11.9 Å². The van der Waals surface area contributed by atoms with Crippen LogP contribution in [0.1, 0.15) is 35.8 Å². The molecule has 3 aromatic rings. The van der Waals surface area contributed by atoms with Gasteiger partial charge in [0.25, 0.3) is 5.56 Å². The van der Waals surface area contributed by atoms with E-state index < -0.39 is 5.25 Å². The van der Waals surface area contributed by atoms with Gasteiger partial charge >= 0.3 is 0 Å². The van der Waals surface area contributed by atoms with Gasteiger partial charge in [0.15, 0.2) is 16.7 Å². The van der Waals surface area contributed by atoms with Gasteiger partial charge in [-0.05, 0) is 62.3 Å². The lowest BCUT2D eigenvalue weighted by molar-refractivity contribution is -0.120. The summed E-state index contributed by atoms with van der Waals surface area (Å²) in [6.45, 7) is 6.50. The van der Waals surface area contributed by atoms with Crippen molar-refractivity contribution in [3.05, 3.63) is 57.2 Å². The van der Waals surface area contributed by atoms with Gasteiger partial charge in [-0.15, -0.1) is 17.9 Å². The van der Waals surface area contributed by atoms with Gasteiger partial charge in [-0.25, -0.2) is 4.98 Å². The molecule has 1 aliphatic rings. The minimum atomic E-state index is -0.407. The molecule has 0 saturated heterocycles. The maximum atomic E-state index is 13.4. The lowest BCUT2D eigenvalue weighted by Crippen LogP contribution is -2.33. The summed E-state index contributed by atoms with van der Waals surface area (Å²) in [7, 11) is 3.20. The Labute approximate surface area is 213 Å². The van der Waals surface area contributed by atoms with Crippen LogP contribution in [0.5, 0.6) is 11.5 Å². The minimum Gasteiger partial charge on any atom is -0.493 e. The van der Waals surface area contributed by atoms with Crippen LogP contribution in [0.2, 0.25) is 0 Å². The first-order valence-corrected chi connectivity index (χ1v) is 13.5. The fourth-order valence-electron chi connectivity index (χ4n) is 4.32. The topological polar surface area (TPSA) is 82.5 Å². The quantitative estimate of drug-likeness (QED) is 0.246. The van der Waals surface area contributed by atoms with Crippen molar-refractivity contribution in [2.24, 2.45) is 0 Å². The maximum Gasteiger partial charge on any atom is 0.263 e. The van der Waals surface area contributed by atoms with Crippen molar-refractivity contribution in [1.29, 1.82) is 0 Å². The SMILES string of the molecule is C=CCn1c(SC(C)C(=O)NCCc2ccc(OC)c(OC)c2)nc2sc3c(c2c1=O)CCCC3. The standard InChI is InChI=1S/C26H31N3O4S2/c1-5-14-29-25(31)22-18-8-6-7-9-21(18)35-24(22)28-26(29)34-16(2)23(30)27-13-12-17-10-11-19(32-3)20(15-17)33-4/h5,10-11,15-16H,1,6-9,12-14H2,2-4H3,(H,27,30). The van der Waals surface area contributed by atoms with Gasteiger partial charge in [0.05, 0.1) is 24.9 Å². The number of fused-ring (bicyclic) bond motifs is 3. The number of nitrogens with zero attached hydrogens (tertiary/aromatic N) is 2. The van der Waals surface area contributed by atoms with Crippen molar-refractivity contribution in [3.8, 4) is 11.5 Å². The van der Waals surface area contributed by atoms with E-state index in [1.54, 1.807) is 36.2 Å². The number of hydrogen-bond acceptors (Lipinski definition) is 7. The molecule has 1 atom stereocenters. The number of thioether (sulfide) groups is 1. The highest BCUT2D eigenvalue weighted by Gasteiger charge is 2.24. The molecule has 0 fully saturated rings. The number of ether oxygens (including phenoxy) is 2. The minimum absolute atomic E-state index is 0.0298. The molecule has 1 N–H and O–H groups in total. The van der Waals surface area contributed by atoms with Crippen LogP contribution >= 0.6 is 23.1 Å². The Hall–Kier alpha value is -2.78. The van der Waals surface area contributed by atoms with E-state index >= 15 is 0 Å². The Morgan fingerprint density at radius 2 is 2.06 bits per heavy atom. The van der Waals surface area contributed by atoms with Gasteiger partial charge in [0.2, 0.25) is 5.91 Å². The first-order chi connectivity index (χ1) is 17.0. The van der Waals surface area contributed by atoms with Crippen LogP contribution in [0.15, 0.2) is 40.8 Å². The van der Waals surface area contributed by atoms with E-state index in [0.717, 1.165) is 41.5 Å². The van der Waals surface area contributed by atoms with Gasteiger partial charge in [-0.1, -0.05) is 23.9 Å². The lowest BCUT2D eigenvalue weighted by Gasteiger charge is -2.15. The van der Waals surface area contributed by atoms with Crippen LogP contribution < -0.4 is 20.3 Å². The number of nitrogens with one attached hydrogen (secondary N) is 1. The molecule has 1 aromatic carbocycles. The van der Waals surface area contributed by atoms with Gasteiger partial charge in [0, 0.05) is 18.0 Å². The summed E-state index contributed by atoms with van der Waals surface area (Å²) in [6, 6.07) is 5.73. The highest BCUT2D eigenvalue weighted by Crippen LogP contribution is 2.35. The van der Waals surface area contributed by atoms with Crippen LogP contribution in [0.4, 0.5) is 0 Å². The second-order valence-corrected chi connectivity index (χ2v) is 10.9. The van der Waals surface area contributed by atoms with Crippen molar-refractivity contribution >= 4 is 39.2 Å². The molecule has 7 nitrogen and oxygen atoms in total. The monoisotopic (exact) mass is 513 g/mol. The second-order valence-electron chi connectivity index (χ2n) is 8.48. The highest BCUT2D eigenvalue weighted by atomic mass is 32.2. The lowest BCUT2D eigenvalue weighted by atomic mass is 9.97. The number of methoxy groups -OCH3 is 2. The molecule has 0 aliphatic heterocycles. The number of rotatable bonds is 10. The largest absolute Gasteiger partial charge is 0.493 e. The Balaban J connectivity index is 1.46. The second kappa shape index (κ2) is 11.3. The molecular weight excluding hydrogens is 482 g/mol. The summed E-state index contributed by atoms with van der Waals surface area (Å²) in [6.07, 6.45) is 6.57. The third kappa shape index (κ3) is 5.41. The van der Waals surface area contributed by atoms with E-state index in [4.69, 9.17) is 14.5 Å². The fourth-order valence-corrected chi connectivity index (χ4v) is 6.57. The number of hydrogen-bond donors (Lipinski definition) is 1. The van der Waals surface area contributed by atoms with Crippen molar-refractivity contribution in [2.75, 3.05) is 20.8 Å². The summed E-state index contributed by atoms with van der Waals surface area (Å²) >= 11 is 2.94. The number of aryl methyl sites for hydroxylation is 2. The number of thiophene rings is 1. The Morgan fingerprint density at radius 1 is 1.29 bits per heavy atom. The van der Waals surface area contributed by atoms with E-state index in [9.17, 15) is 9.59 Å². The molecule has 0 saturated carbocycles. The number of amides is 1. The van der Waals surface area contributed by atoms with Gasteiger partial charge in [-0.2, -0.15) is 0 Å². The molecule has 1 aliphatic carbocycles. The van der Waals surface area contributed by atoms with Gasteiger partial charge in [0.1, 0.15) is 4.83 Å². The number of allylic oxidation sites excluding steroid dienone is 1. The van der Waals surface area contributed by atoms with Gasteiger partial charge in [-0.3, -0.25) is 14.2 Å². The van der Waals surface area contributed by atoms with E-state index in [0.29, 0.717) is 36.2 Å². The summed E-state index contributed by atoms with van der Waals surface area (Å²) in [5, 5.41) is 3.90. The number of carbonyl (C=O) groups excluding carboxylic acids is 1. The molecule has 35 heavy (non-hydrogen) atoms. The summed E-state index contributed by atoms with van der Waals surface area (Å²) in [5.41, 5.74) is 2.18. The van der Waals surface area contributed by atoms with Crippen LogP contribution in [0.3, 0.4) is 0 Å². The fraction of sp³-hybridized carbons (Fsp3) is 0.423. The number of aromatic nitrogens is 2. The molecule has 186 valence electrons. The van der Waals surface area contributed by atoms with Crippen molar-refractivity contribution in [3.63, 3.8) is 0 Å². The van der Waals surface area contributed by atoms with Crippen molar-refractivity contribution in [2.45, 2.75) is 56.0 Å². The van der Waals surface area contributed by atoms with E-state index in [1.165, 1.54) is 22.2 Å². The molecule has 2 aromatic heterocycles. The predicted molar refractivity (Wildman–Crippen MR) is 142 cm³/mol. The molecule has 1 amide bonds. The van der Waals surface area contributed by atoms with E-state index in [1.807, 2.05) is 25.1 Å². The third-order valence-electron chi connectivity index (χ3n) is 6.16. The summed E-state index contributed by atoms with van der Waals surface area (Å²) < 4.78 is 12.3. The summed E-state index contributed by atoms with van der Waals surface area (Å²) in [4.78, 5) is 33.1. The first-order valence-electron chi connectivity index (χ1n) is 11.8. The molecule has 2 heterocycles. The Kier molecular flexibility index (Phi) is 8.18. The Morgan fingerprint density at radius 3 is 2.80 bits per heavy atom. The maximum absolute atomic E-state index is 13.4. The van der Waals surface area contributed by atoms with Crippen LogP contribution in [0.25, 0.3) is 10.2 Å². The number of benzene rings is 1. The smallest absolute Gasteiger partial charge is 0.263 e. The van der Waals surface area contributed by atoms with Crippen LogP contribution in [0, 0.1) is 0 Å². The van der Waals surface area contributed by atoms with E-state index in [-0.39, 0.29) is 11.5 Å². The van der Waals surface area contributed by atoms with Crippen LogP contribution in [-0.4, -0.2) is 41.5 Å². The average molecular weight is 514 g/mol. The molecule has 9 heteroatoms. The zero-order chi connectivity index (χ0) is 24.9.